The predicted molar refractivity (Wildman–Crippen MR) is 71.0 cm³/mol. The van der Waals surface area contributed by atoms with Crippen LogP contribution in [0.4, 0.5) is 4.39 Å². The first kappa shape index (κ1) is 12.0. The van der Waals surface area contributed by atoms with E-state index < -0.39 is 5.95 Å². The summed E-state index contributed by atoms with van der Waals surface area (Å²) in [4.78, 5) is 11.9. The van der Waals surface area contributed by atoms with E-state index in [1.54, 1.807) is 13.2 Å². The van der Waals surface area contributed by atoms with Gasteiger partial charge in [0.2, 0.25) is 5.95 Å². The molecule has 0 fully saturated rings. The van der Waals surface area contributed by atoms with Gasteiger partial charge in [0, 0.05) is 23.2 Å². The largest absolute Gasteiger partial charge is 0.497 e. The Morgan fingerprint density at radius 2 is 2.16 bits per heavy atom. The zero-order chi connectivity index (χ0) is 13.2. The van der Waals surface area contributed by atoms with Crippen LogP contribution in [-0.4, -0.2) is 22.1 Å². The van der Waals surface area contributed by atoms with E-state index in [0.717, 1.165) is 21.7 Å². The molecule has 0 aliphatic carbocycles. The van der Waals surface area contributed by atoms with Gasteiger partial charge in [0.05, 0.1) is 18.1 Å². The number of benzene rings is 1. The van der Waals surface area contributed by atoms with Crippen molar-refractivity contribution in [3.63, 3.8) is 0 Å². The van der Waals surface area contributed by atoms with E-state index in [4.69, 9.17) is 4.74 Å². The summed E-state index contributed by atoms with van der Waals surface area (Å²) in [5, 5.41) is 0.703. The maximum Gasteiger partial charge on any atom is 0.213 e. The summed E-state index contributed by atoms with van der Waals surface area (Å²) in [6.07, 6.45) is 1.43. The van der Waals surface area contributed by atoms with Crippen LogP contribution >= 0.6 is 11.8 Å². The van der Waals surface area contributed by atoms with E-state index in [1.807, 2.05) is 18.2 Å². The number of H-pyrrole nitrogens is 1. The second-order valence-electron chi connectivity index (χ2n) is 3.84. The standard InChI is InChI=1S/C13H10FN3OS/c1-18-8-2-3-10-11(6-8)17-13(16-10)19-9-4-5-15-12(14)7-9/h2-7H,1H3,(H,16,17). The number of hydrogen-bond donors (Lipinski definition) is 1. The third kappa shape index (κ3) is 2.53. The maximum atomic E-state index is 13.0. The molecule has 19 heavy (non-hydrogen) atoms. The zero-order valence-electron chi connectivity index (χ0n) is 10.1. The molecule has 0 unspecified atom stereocenters. The summed E-state index contributed by atoms with van der Waals surface area (Å²) < 4.78 is 18.2. The number of aromatic amines is 1. The molecule has 4 nitrogen and oxygen atoms in total. The van der Waals surface area contributed by atoms with Crippen LogP contribution in [0.2, 0.25) is 0 Å². The van der Waals surface area contributed by atoms with Crippen LogP contribution in [0.5, 0.6) is 5.75 Å². The molecule has 0 bridgehead atoms. The lowest BCUT2D eigenvalue weighted by molar-refractivity contribution is 0.415. The van der Waals surface area contributed by atoms with E-state index >= 15 is 0 Å². The molecule has 96 valence electrons. The fraction of sp³-hybridized carbons (Fsp3) is 0.0769. The highest BCUT2D eigenvalue weighted by Gasteiger charge is 2.06. The summed E-state index contributed by atoms with van der Waals surface area (Å²) in [5.74, 6) is 0.269. The molecule has 0 saturated heterocycles. The lowest BCUT2D eigenvalue weighted by atomic mass is 10.3. The molecule has 0 radical (unpaired) electrons. The summed E-state index contributed by atoms with van der Waals surface area (Å²) in [7, 11) is 1.62. The Balaban J connectivity index is 1.93. The minimum Gasteiger partial charge on any atom is -0.497 e. The molecule has 0 aliphatic heterocycles. The Bertz CT molecular complexity index is 729. The number of imidazole rings is 1. The predicted octanol–water partition coefficient (Wildman–Crippen LogP) is 3.26. The quantitative estimate of drug-likeness (QED) is 0.745. The van der Waals surface area contributed by atoms with Crippen molar-refractivity contribution in [1.82, 2.24) is 15.0 Å². The van der Waals surface area contributed by atoms with Crippen molar-refractivity contribution >= 4 is 22.8 Å². The Kier molecular flexibility index (Phi) is 3.08. The van der Waals surface area contributed by atoms with Crippen LogP contribution in [0.1, 0.15) is 0 Å². The number of rotatable bonds is 3. The Morgan fingerprint density at radius 1 is 1.26 bits per heavy atom. The molecule has 0 saturated carbocycles. The van der Waals surface area contributed by atoms with Crippen LogP contribution in [0, 0.1) is 5.95 Å². The van der Waals surface area contributed by atoms with Crippen LogP contribution in [0.3, 0.4) is 0 Å². The van der Waals surface area contributed by atoms with Crippen molar-refractivity contribution in [2.45, 2.75) is 10.1 Å². The SMILES string of the molecule is COc1ccc2nc(Sc3ccnc(F)c3)[nH]c2c1. The monoisotopic (exact) mass is 275 g/mol. The molecule has 1 aromatic carbocycles. The van der Waals surface area contributed by atoms with Gasteiger partial charge in [0.1, 0.15) is 5.75 Å². The highest BCUT2D eigenvalue weighted by Crippen LogP contribution is 2.28. The van der Waals surface area contributed by atoms with Gasteiger partial charge >= 0.3 is 0 Å². The first-order valence-electron chi connectivity index (χ1n) is 5.58. The smallest absolute Gasteiger partial charge is 0.213 e. The van der Waals surface area contributed by atoms with Gasteiger partial charge in [0.15, 0.2) is 5.16 Å². The zero-order valence-corrected chi connectivity index (χ0v) is 10.9. The number of nitrogens with zero attached hydrogens (tertiary/aromatic N) is 2. The number of pyridine rings is 1. The summed E-state index contributed by atoms with van der Waals surface area (Å²) in [5.41, 5.74) is 1.73. The van der Waals surface area contributed by atoms with Crippen LogP contribution in [0.25, 0.3) is 11.0 Å². The molecule has 2 aromatic heterocycles. The minimum absolute atomic E-state index is 0.497. The van der Waals surface area contributed by atoms with Gasteiger partial charge in [-0.2, -0.15) is 4.39 Å². The van der Waals surface area contributed by atoms with Crippen LogP contribution in [-0.2, 0) is 0 Å². The summed E-state index contributed by atoms with van der Waals surface area (Å²) >= 11 is 1.35. The number of aromatic nitrogens is 3. The molecule has 3 aromatic rings. The second kappa shape index (κ2) is 4.89. The normalized spacial score (nSPS) is 10.8. The number of nitrogens with one attached hydrogen (secondary N) is 1. The summed E-state index contributed by atoms with van der Waals surface area (Å²) in [6, 6.07) is 8.71. The van der Waals surface area contributed by atoms with Gasteiger partial charge in [-0.25, -0.2) is 9.97 Å². The van der Waals surface area contributed by atoms with Gasteiger partial charge < -0.3 is 9.72 Å². The molecular formula is C13H10FN3OS. The second-order valence-corrected chi connectivity index (χ2v) is 4.90. The van der Waals surface area contributed by atoms with Crippen molar-refractivity contribution in [1.29, 1.82) is 0 Å². The summed E-state index contributed by atoms with van der Waals surface area (Å²) in [6.45, 7) is 0. The number of halogens is 1. The molecular weight excluding hydrogens is 265 g/mol. The molecule has 6 heteroatoms. The van der Waals surface area contributed by atoms with E-state index in [1.165, 1.54) is 24.0 Å². The molecule has 0 spiro atoms. The number of hydrogen-bond acceptors (Lipinski definition) is 4. The van der Waals surface area contributed by atoms with Gasteiger partial charge in [-0.1, -0.05) is 11.8 Å². The number of ether oxygens (including phenoxy) is 1. The first-order chi connectivity index (χ1) is 9.24. The number of methoxy groups -OCH3 is 1. The first-order valence-corrected chi connectivity index (χ1v) is 6.39. The van der Waals surface area contributed by atoms with Crippen molar-refractivity contribution in [2.75, 3.05) is 7.11 Å². The van der Waals surface area contributed by atoms with Crippen molar-refractivity contribution in [3.05, 3.63) is 42.5 Å². The van der Waals surface area contributed by atoms with Gasteiger partial charge in [-0.05, 0) is 18.2 Å². The highest BCUT2D eigenvalue weighted by atomic mass is 32.2. The molecule has 0 aliphatic rings. The molecule has 0 amide bonds. The van der Waals surface area contributed by atoms with Crippen LogP contribution < -0.4 is 4.74 Å². The maximum absolute atomic E-state index is 13.0. The lowest BCUT2D eigenvalue weighted by Crippen LogP contribution is -1.82. The van der Waals surface area contributed by atoms with E-state index in [0.29, 0.717) is 5.16 Å². The third-order valence-corrected chi connectivity index (χ3v) is 3.46. The Morgan fingerprint density at radius 3 is 2.95 bits per heavy atom. The number of fused-ring (bicyclic) bond motifs is 1. The van der Waals surface area contributed by atoms with Gasteiger partial charge in [0.25, 0.3) is 0 Å². The van der Waals surface area contributed by atoms with Gasteiger partial charge in [-0.3, -0.25) is 0 Å². The fourth-order valence-corrected chi connectivity index (χ4v) is 2.51. The Hall–Kier alpha value is -2.08. The lowest BCUT2D eigenvalue weighted by Gasteiger charge is -1.97. The van der Waals surface area contributed by atoms with Crippen molar-refractivity contribution in [2.24, 2.45) is 0 Å². The van der Waals surface area contributed by atoms with Crippen molar-refractivity contribution < 1.29 is 9.13 Å². The Labute approximate surface area is 113 Å². The van der Waals surface area contributed by atoms with E-state index in [-0.39, 0.29) is 0 Å². The van der Waals surface area contributed by atoms with Crippen LogP contribution in [0.15, 0.2) is 46.6 Å². The third-order valence-electron chi connectivity index (χ3n) is 2.58. The molecule has 0 atom stereocenters. The molecule has 2 heterocycles. The minimum atomic E-state index is -0.497. The average molecular weight is 275 g/mol. The molecule has 3 rings (SSSR count). The molecule has 1 N–H and O–H groups in total. The average Bonchev–Trinajstić information content (AvgIpc) is 2.79. The van der Waals surface area contributed by atoms with Crippen molar-refractivity contribution in [3.8, 4) is 5.75 Å². The highest BCUT2D eigenvalue weighted by molar-refractivity contribution is 7.99. The van der Waals surface area contributed by atoms with E-state index in [2.05, 4.69) is 15.0 Å². The van der Waals surface area contributed by atoms with E-state index in [9.17, 15) is 4.39 Å². The van der Waals surface area contributed by atoms with Gasteiger partial charge in [-0.15, -0.1) is 0 Å². The fourth-order valence-electron chi connectivity index (χ4n) is 1.70. The topological polar surface area (TPSA) is 50.8 Å².